The molecule has 7 heteroatoms. The summed E-state index contributed by atoms with van der Waals surface area (Å²) in [6, 6.07) is 4.23. The average molecular weight is 340 g/mol. The van der Waals surface area contributed by atoms with E-state index in [9.17, 15) is 0 Å². The second kappa shape index (κ2) is 6.84. The maximum absolute atomic E-state index is 5.72. The molecule has 0 bridgehead atoms. The van der Waals surface area contributed by atoms with Crippen LogP contribution in [-0.4, -0.2) is 44.3 Å². The lowest BCUT2D eigenvalue weighted by Crippen LogP contribution is -2.37. The van der Waals surface area contributed by atoms with E-state index in [0.717, 1.165) is 48.1 Å². The Labute approximate surface area is 147 Å². The maximum atomic E-state index is 5.72. The number of anilines is 1. The van der Waals surface area contributed by atoms with Crippen LogP contribution in [0.2, 0.25) is 0 Å². The fourth-order valence-corrected chi connectivity index (χ4v) is 3.58. The number of hydrogen-bond acceptors (Lipinski definition) is 6. The molecule has 0 aliphatic carbocycles. The number of rotatable bonds is 5. The zero-order valence-corrected chi connectivity index (χ0v) is 14.8. The van der Waals surface area contributed by atoms with Crippen LogP contribution in [0.25, 0.3) is 11.0 Å². The minimum atomic E-state index is 0.206. The molecule has 0 radical (unpaired) electrons. The Morgan fingerprint density at radius 3 is 2.84 bits per heavy atom. The van der Waals surface area contributed by atoms with Gasteiger partial charge in [0.25, 0.3) is 0 Å². The molecule has 7 nitrogen and oxygen atoms in total. The van der Waals surface area contributed by atoms with Crippen molar-refractivity contribution in [2.45, 2.75) is 32.2 Å². The van der Waals surface area contributed by atoms with Crippen LogP contribution in [0.15, 0.2) is 29.0 Å². The van der Waals surface area contributed by atoms with E-state index in [2.05, 4.69) is 31.3 Å². The van der Waals surface area contributed by atoms with Crippen LogP contribution in [0.4, 0.5) is 5.82 Å². The standard InChI is InChI=1S/C18H24N6O/c1-13-21-17(14-11-20-23(2)18(14)22-13)19-12-15(16-7-6-10-25-16)24-8-4-3-5-9-24/h6-7,10-11,15H,3-5,8-9,12H2,1-2H3,(H,19,21,22). The molecule has 1 unspecified atom stereocenters. The van der Waals surface area contributed by atoms with Gasteiger partial charge in [0.1, 0.15) is 17.4 Å². The summed E-state index contributed by atoms with van der Waals surface area (Å²) in [5.41, 5.74) is 0.850. The van der Waals surface area contributed by atoms with Crippen LogP contribution < -0.4 is 5.32 Å². The van der Waals surface area contributed by atoms with E-state index in [1.807, 2.05) is 26.2 Å². The first kappa shape index (κ1) is 16.1. The van der Waals surface area contributed by atoms with E-state index < -0.39 is 0 Å². The van der Waals surface area contributed by atoms with Gasteiger partial charge in [0, 0.05) is 13.6 Å². The minimum Gasteiger partial charge on any atom is -0.468 e. The maximum Gasteiger partial charge on any atom is 0.163 e. The van der Waals surface area contributed by atoms with Crippen LogP contribution in [0, 0.1) is 6.92 Å². The van der Waals surface area contributed by atoms with Gasteiger partial charge in [-0.3, -0.25) is 9.58 Å². The van der Waals surface area contributed by atoms with Gasteiger partial charge in [0.2, 0.25) is 0 Å². The summed E-state index contributed by atoms with van der Waals surface area (Å²) in [7, 11) is 1.90. The van der Waals surface area contributed by atoms with E-state index in [1.165, 1.54) is 19.3 Å². The van der Waals surface area contributed by atoms with E-state index in [0.29, 0.717) is 0 Å². The lowest BCUT2D eigenvalue weighted by atomic mass is 10.1. The van der Waals surface area contributed by atoms with Gasteiger partial charge in [-0.2, -0.15) is 5.10 Å². The highest BCUT2D eigenvalue weighted by Gasteiger charge is 2.24. The summed E-state index contributed by atoms with van der Waals surface area (Å²) in [5, 5.41) is 8.78. The molecule has 1 fully saturated rings. The smallest absolute Gasteiger partial charge is 0.163 e. The van der Waals surface area contributed by atoms with Crippen LogP contribution >= 0.6 is 0 Å². The second-order valence-corrected chi connectivity index (χ2v) is 6.63. The van der Waals surface area contributed by atoms with E-state index in [4.69, 9.17) is 4.42 Å². The molecule has 0 spiro atoms. The van der Waals surface area contributed by atoms with Gasteiger partial charge < -0.3 is 9.73 Å². The minimum absolute atomic E-state index is 0.206. The van der Waals surface area contributed by atoms with Gasteiger partial charge in [0.05, 0.1) is 23.9 Å². The monoisotopic (exact) mass is 340 g/mol. The normalized spacial score (nSPS) is 17.0. The third kappa shape index (κ3) is 3.24. The van der Waals surface area contributed by atoms with Gasteiger partial charge >= 0.3 is 0 Å². The summed E-state index contributed by atoms with van der Waals surface area (Å²) in [6.07, 6.45) is 7.38. The number of likely N-dealkylation sites (tertiary alicyclic amines) is 1. The topological polar surface area (TPSA) is 72.0 Å². The molecule has 0 aromatic carbocycles. The fourth-order valence-electron chi connectivity index (χ4n) is 3.58. The SMILES string of the molecule is Cc1nc(NCC(c2ccco2)N2CCCCC2)c2cnn(C)c2n1. The molecule has 1 aliphatic heterocycles. The molecule has 132 valence electrons. The summed E-state index contributed by atoms with van der Waals surface area (Å²) >= 11 is 0. The number of aryl methyl sites for hydroxylation is 2. The highest BCUT2D eigenvalue weighted by Crippen LogP contribution is 2.27. The van der Waals surface area contributed by atoms with Crippen molar-refractivity contribution >= 4 is 16.9 Å². The number of aromatic nitrogens is 4. The molecule has 3 aromatic heterocycles. The molecule has 1 N–H and O–H groups in total. The highest BCUT2D eigenvalue weighted by atomic mass is 16.3. The zero-order chi connectivity index (χ0) is 17.2. The quantitative estimate of drug-likeness (QED) is 0.770. The van der Waals surface area contributed by atoms with Crippen molar-refractivity contribution in [3.8, 4) is 0 Å². The Bertz CT molecular complexity index is 835. The Balaban J connectivity index is 1.59. The molecule has 4 heterocycles. The van der Waals surface area contributed by atoms with Crippen molar-refractivity contribution < 1.29 is 4.42 Å². The molecular weight excluding hydrogens is 316 g/mol. The Kier molecular flexibility index (Phi) is 4.40. The first-order valence-electron chi connectivity index (χ1n) is 8.90. The van der Waals surface area contributed by atoms with Crippen molar-refractivity contribution in [1.29, 1.82) is 0 Å². The number of nitrogens with one attached hydrogen (secondary N) is 1. The van der Waals surface area contributed by atoms with Crippen molar-refractivity contribution in [2.24, 2.45) is 7.05 Å². The number of furan rings is 1. The summed E-state index contributed by atoms with van der Waals surface area (Å²) in [6.45, 7) is 4.87. The highest BCUT2D eigenvalue weighted by molar-refractivity contribution is 5.86. The number of fused-ring (bicyclic) bond motifs is 1. The molecule has 25 heavy (non-hydrogen) atoms. The Morgan fingerprint density at radius 1 is 1.24 bits per heavy atom. The van der Waals surface area contributed by atoms with E-state index in [-0.39, 0.29) is 6.04 Å². The van der Waals surface area contributed by atoms with Gasteiger partial charge in [0.15, 0.2) is 5.65 Å². The first-order valence-corrected chi connectivity index (χ1v) is 8.90. The number of hydrogen-bond donors (Lipinski definition) is 1. The summed E-state index contributed by atoms with van der Waals surface area (Å²) in [4.78, 5) is 11.6. The van der Waals surface area contributed by atoms with Gasteiger partial charge in [-0.25, -0.2) is 9.97 Å². The van der Waals surface area contributed by atoms with Crippen LogP contribution in [0.5, 0.6) is 0 Å². The van der Waals surface area contributed by atoms with E-state index >= 15 is 0 Å². The Morgan fingerprint density at radius 2 is 2.08 bits per heavy atom. The van der Waals surface area contributed by atoms with Crippen molar-refractivity contribution in [1.82, 2.24) is 24.6 Å². The lowest BCUT2D eigenvalue weighted by molar-refractivity contribution is 0.153. The summed E-state index contributed by atoms with van der Waals surface area (Å²) < 4.78 is 7.50. The Hall–Kier alpha value is -2.41. The third-order valence-electron chi connectivity index (χ3n) is 4.87. The van der Waals surface area contributed by atoms with Gasteiger partial charge in [-0.15, -0.1) is 0 Å². The van der Waals surface area contributed by atoms with Crippen molar-refractivity contribution in [3.63, 3.8) is 0 Å². The van der Waals surface area contributed by atoms with Crippen molar-refractivity contribution in [2.75, 3.05) is 25.0 Å². The average Bonchev–Trinajstić information content (AvgIpc) is 3.27. The molecule has 4 rings (SSSR count). The lowest BCUT2D eigenvalue weighted by Gasteiger charge is -2.33. The molecule has 0 saturated carbocycles. The molecule has 1 atom stereocenters. The van der Waals surface area contributed by atoms with Gasteiger partial charge in [-0.05, 0) is 45.0 Å². The first-order chi connectivity index (χ1) is 12.2. The zero-order valence-electron chi connectivity index (χ0n) is 14.8. The van der Waals surface area contributed by atoms with Crippen LogP contribution in [0.3, 0.4) is 0 Å². The molecular formula is C18H24N6O. The summed E-state index contributed by atoms with van der Waals surface area (Å²) in [5.74, 6) is 2.58. The third-order valence-corrected chi connectivity index (χ3v) is 4.87. The molecule has 1 saturated heterocycles. The van der Waals surface area contributed by atoms with Crippen LogP contribution in [-0.2, 0) is 7.05 Å². The van der Waals surface area contributed by atoms with E-state index in [1.54, 1.807) is 10.9 Å². The molecule has 3 aromatic rings. The number of piperidine rings is 1. The fraction of sp³-hybridized carbons (Fsp3) is 0.500. The molecule has 0 amide bonds. The largest absolute Gasteiger partial charge is 0.468 e. The predicted molar refractivity (Wildman–Crippen MR) is 96.4 cm³/mol. The molecule has 1 aliphatic rings. The van der Waals surface area contributed by atoms with Gasteiger partial charge in [-0.1, -0.05) is 6.42 Å². The number of nitrogens with zero attached hydrogens (tertiary/aromatic N) is 5. The second-order valence-electron chi connectivity index (χ2n) is 6.63. The predicted octanol–water partition coefficient (Wildman–Crippen LogP) is 2.90. The van der Waals surface area contributed by atoms with Crippen molar-refractivity contribution in [3.05, 3.63) is 36.2 Å². The van der Waals surface area contributed by atoms with Crippen LogP contribution in [0.1, 0.15) is 36.9 Å².